The van der Waals surface area contributed by atoms with Crippen LogP contribution < -0.4 is 4.74 Å². The lowest BCUT2D eigenvalue weighted by Gasteiger charge is -2.09. The first-order chi connectivity index (χ1) is 11.2. The lowest BCUT2D eigenvalue weighted by Crippen LogP contribution is -1.99. The monoisotopic (exact) mass is 389 g/mol. The highest BCUT2D eigenvalue weighted by Crippen LogP contribution is 2.26. The van der Waals surface area contributed by atoms with Crippen LogP contribution in [0, 0.1) is 6.92 Å². The van der Waals surface area contributed by atoms with Gasteiger partial charge in [-0.15, -0.1) is 10.2 Å². The van der Waals surface area contributed by atoms with Crippen molar-refractivity contribution < 1.29 is 4.74 Å². The van der Waals surface area contributed by atoms with E-state index in [0.717, 1.165) is 32.6 Å². The number of rotatable bonds is 5. The minimum atomic E-state index is 0.837. The molecule has 0 bridgehead atoms. The van der Waals surface area contributed by atoms with Crippen molar-refractivity contribution in [1.82, 2.24) is 14.8 Å². The average molecular weight is 390 g/mol. The second-order valence-corrected chi connectivity index (χ2v) is 6.84. The SMILES string of the molecule is COc1ccc(-n2c(C)nnc2SCc2ccc(Br)cc2)cc1. The van der Waals surface area contributed by atoms with Crippen LogP contribution in [0.3, 0.4) is 0 Å². The lowest BCUT2D eigenvalue weighted by molar-refractivity contribution is 0.414. The summed E-state index contributed by atoms with van der Waals surface area (Å²) in [6.07, 6.45) is 0. The fourth-order valence-electron chi connectivity index (χ4n) is 2.19. The highest BCUT2D eigenvalue weighted by molar-refractivity contribution is 9.10. The summed E-state index contributed by atoms with van der Waals surface area (Å²) < 4.78 is 8.36. The Labute approximate surface area is 148 Å². The molecule has 0 saturated carbocycles. The Balaban J connectivity index is 1.81. The Morgan fingerprint density at radius 2 is 1.74 bits per heavy atom. The largest absolute Gasteiger partial charge is 0.497 e. The normalized spacial score (nSPS) is 10.7. The van der Waals surface area contributed by atoms with Gasteiger partial charge >= 0.3 is 0 Å². The Kier molecular flexibility index (Phi) is 5.03. The van der Waals surface area contributed by atoms with E-state index in [4.69, 9.17) is 4.74 Å². The van der Waals surface area contributed by atoms with E-state index in [1.54, 1.807) is 18.9 Å². The zero-order valence-electron chi connectivity index (χ0n) is 12.9. The number of nitrogens with zero attached hydrogens (tertiary/aromatic N) is 3. The van der Waals surface area contributed by atoms with E-state index in [-0.39, 0.29) is 0 Å². The van der Waals surface area contributed by atoms with Gasteiger partial charge in [0, 0.05) is 15.9 Å². The molecular formula is C17H16BrN3OS. The van der Waals surface area contributed by atoms with E-state index in [2.05, 4.69) is 55.0 Å². The van der Waals surface area contributed by atoms with E-state index in [0.29, 0.717) is 0 Å². The van der Waals surface area contributed by atoms with E-state index in [1.165, 1.54) is 5.56 Å². The molecule has 3 rings (SSSR count). The molecule has 3 aromatic rings. The van der Waals surface area contributed by atoms with Crippen LogP contribution in [-0.4, -0.2) is 21.9 Å². The lowest BCUT2D eigenvalue weighted by atomic mass is 10.2. The summed E-state index contributed by atoms with van der Waals surface area (Å²) in [4.78, 5) is 0. The molecule has 1 aromatic heterocycles. The summed E-state index contributed by atoms with van der Waals surface area (Å²) >= 11 is 5.13. The number of aryl methyl sites for hydroxylation is 1. The molecule has 118 valence electrons. The molecule has 0 aliphatic rings. The standard InChI is InChI=1S/C17H16BrN3OS/c1-12-19-20-17(23-11-13-3-5-14(18)6-4-13)21(12)15-7-9-16(22-2)10-8-15/h3-10H,11H2,1-2H3. The minimum Gasteiger partial charge on any atom is -0.497 e. The van der Waals surface area contributed by atoms with Crippen LogP contribution in [0.25, 0.3) is 5.69 Å². The quantitative estimate of drug-likeness (QED) is 0.595. The molecule has 0 fully saturated rings. The van der Waals surface area contributed by atoms with Crippen LogP contribution in [0.4, 0.5) is 0 Å². The molecule has 0 atom stereocenters. The number of hydrogen-bond acceptors (Lipinski definition) is 4. The maximum Gasteiger partial charge on any atom is 0.196 e. The van der Waals surface area contributed by atoms with Crippen molar-refractivity contribution in [3.8, 4) is 11.4 Å². The van der Waals surface area contributed by atoms with Crippen molar-refractivity contribution in [3.63, 3.8) is 0 Å². The molecule has 23 heavy (non-hydrogen) atoms. The fraction of sp³-hybridized carbons (Fsp3) is 0.176. The number of thioether (sulfide) groups is 1. The molecule has 0 spiro atoms. The van der Waals surface area contributed by atoms with Gasteiger partial charge in [0.15, 0.2) is 5.16 Å². The average Bonchev–Trinajstić information content (AvgIpc) is 2.95. The first-order valence-electron chi connectivity index (χ1n) is 7.11. The van der Waals surface area contributed by atoms with E-state index in [9.17, 15) is 0 Å². The summed E-state index contributed by atoms with van der Waals surface area (Å²) in [6.45, 7) is 1.96. The third-order valence-corrected chi connectivity index (χ3v) is 4.94. The second-order valence-electron chi connectivity index (χ2n) is 4.98. The maximum atomic E-state index is 5.21. The summed E-state index contributed by atoms with van der Waals surface area (Å²) in [5.74, 6) is 2.55. The molecular weight excluding hydrogens is 374 g/mol. The Hall–Kier alpha value is -1.79. The van der Waals surface area contributed by atoms with Gasteiger partial charge < -0.3 is 4.74 Å². The van der Waals surface area contributed by atoms with Crippen molar-refractivity contribution >= 4 is 27.7 Å². The summed E-state index contributed by atoms with van der Waals surface area (Å²) in [7, 11) is 1.67. The molecule has 1 heterocycles. The summed E-state index contributed by atoms with van der Waals surface area (Å²) in [6, 6.07) is 16.2. The van der Waals surface area contributed by atoms with Crippen LogP contribution >= 0.6 is 27.7 Å². The van der Waals surface area contributed by atoms with Crippen molar-refractivity contribution in [2.45, 2.75) is 17.8 Å². The van der Waals surface area contributed by atoms with Crippen LogP contribution in [0.15, 0.2) is 58.2 Å². The van der Waals surface area contributed by atoms with Gasteiger partial charge in [-0.25, -0.2) is 0 Å². The summed E-state index contributed by atoms with van der Waals surface area (Å²) in [5, 5.41) is 9.40. The Bertz CT molecular complexity index is 785. The zero-order chi connectivity index (χ0) is 16.2. The molecule has 0 N–H and O–H groups in total. The predicted molar refractivity (Wildman–Crippen MR) is 96.4 cm³/mol. The van der Waals surface area contributed by atoms with Gasteiger partial charge in [-0.1, -0.05) is 39.8 Å². The zero-order valence-corrected chi connectivity index (χ0v) is 15.3. The van der Waals surface area contributed by atoms with Crippen molar-refractivity contribution in [1.29, 1.82) is 0 Å². The van der Waals surface area contributed by atoms with E-state index >= 15 is 0 Å². The van der Waals surface area contributed by atoms with Crippen molar-refractivity contribution in [2.75, 3.05) is 7.11 Å². The van der Waals surface area contributed by atoms with Gasteiger partial charge in [-0.05, 0) is 48.9 Å². The molecule has 0 saturated heterocycles. The molecule has 2 aromatic carbocycles. The van der Waals surface area contributed by atoms with Crippen LogP contribution in [0.1, 0.15) is 11.4 Å². The molecule has 0 aliphatic carbocycles. The Morgan fingerprint density at radius 1 is 1.04 bits per heavy atom. The van der Waals surface area contributed by atoms with Crippen LogP contribution in [0.2, 0.25) is 0 Å². The highest BCUT2D eigenvalue weighted by atomic mass is 79.9. The first-order valence-corrected chi connectivity index (χ1v) is 8.89. The number of aromatic nitrogens is 3. The molecule has 0 unspecified atom stereocenters. The van der Waals surface area contributed by atoms with Crippen LogP contribution in [-0.2, 0) is 5.75 Å². The number of hydrogen-bond donors (Lipinski definition) is 0. The van der Waals surface area contributed by atoms with E-state index in [1.807, 2.05) is 31.2 Å². The number of benzene rings is 2. The fourth-order valence-corrected chi connectivity index (χ4v) is 3.41. The Morgan fingerprint density at radius 3 is 2.39 bits per heavy atom. The molecule has 0 amide bonds. The smallest absolute Gasteiger partial charge is 0.196 e. The number of ether oxygens (including phenoxy) is 1. The van der Waals surface area contributed by atoms with Gasteiger partial charge in [0.05, 0.1) is 7.11 Å². The predicted octanol–water partition coefficient (Wildman–Crippen LogP) is 4.64. The van der Waals surface area contributed by atoms with Gasteiger partial charge in [0.25, 0.3) is 0 Å². The first kappa shape index (κ1) is 16.1. The second kappa shape index (κ2) is 7.19. The van der Waals surface area contributed by atoms with Gasteiger partial charge in [-0.3, -0.25) is 4.57 Å². The number of methoxy groups -OCH3 is 1. The molecule has 4 nitrogen and oxygen atoms in total. The maximum absolute atomic E-state index is 5.21. The van der Waals surface area contributed by atoms with Crippen molar-refractivity contribution in [2.24, 2.45) is 0 Å². The van der Waals surface area contributed by atoms with Gasteiger partial charge in [0.2, 0.25) is 0 Å². The topological polar surface area (TPSA) is 39.9 Å². The minimum absolute atomic E-state index is 0.837. The highest BCUT2D eigenvalue weighted by Gasteiger charge is 2.11. The van der Waals surface area contributed by atoms with Gasteiger partial charge in [0.1, 0.15) is 11.6 Å². The summed E-state index contributed by atoms with van der Waals surface area (Å²) in [5.41, 5.74) is 2.28. The third-order valence-electron chi connectivity index (χ3n) is 3.41. The van der Waals surface area contributed by atoms with E-state index < -0.39 is 0 Å². The molecule has 0 radical (unpaired) electrons. The number of halogens is 1. The third kappa shape index (κ3) is 3.76. The van der Waals surface area contributed by atoms with Crippen LogP contribution in [0.5, 0.6) is 5.75 Å². The van der Waals surface area contributed by atoms with Crippen molar-refractivity contribution in [3.05, 3.63) is 64.4 Å². The molecule has 6 heteroatoms. The van der Waals surface area contributed by atoms with Gasteiger partial charge in [-0.2, -0.15) is 0 Å². The molecule has 0 aliphatic heterocycles.